The van der Waals surface area contributed by atoms with E-state index in [9.17, 15) is 18.0 Å². The zero-order chi connectivity index (χ0) is 20.8. The van der Waals surface area contributed by atoms with Crippen LogP contribution in [0.15, 0.2) is 24.5 Å². The maximum Gasteiger partial charge on any atom is 0.418 e. The number of hydrogen-bond donors (Lipinski definition) is 1. The molecule has 1 N–H and O–H groups in total. The molecule has 0 saturated carbocycles. The Labute approximate surface area is 167 Å². The average Bonchev–Trinajstić information content (AvgIpc) is 2.98. The standard InChI is InChI=1S/C20H24F3N5O/c1-12-9-13(26-15-5-8-27(2)19(15)29)11-28(10-12)16-4-3-14(20(21,22)23)17-18(16)25-7-6-24-17/h3-4,6-7,12-13,15,26H,5,8-11H2,1-2H3. The van der Waals surface area contributed by atoms with Crippen molar-refractivity contribution in [2.24, 2.45) is 5.92 Å². The minimum atomic E-state index is -4.49. The van der Waals surface area contributed by atoms with E-state index < -0.39 is 11.7 Å². The molecule has 2 aromatic rings. The van der Waals surface area contributed by atoms with E-state index in [1.54, 1.807) is 11.9 Å². The number of halogens is 3. The van der Waals surface area contributed by atoms with Gasteiger partial charge in [-0.3, -0.25) is 14.8 Å². The minimum absolute atomic E-state index is 0.0771. The largest absolute Gasteiger partial charge is 0.418 e. The summed E-state index contributed by atoms with van der Waals surface area (Å²) in [6.45, 7) is 4.17. The van der Waals surface area contributed by atoms with Crippen LogP contribution >= 0.6 is 0 Å². The first-order chi connectivity index (χ1) is 13.7. The van der Waals surface area contributed by atoms with Crippen LogP contribution in [-0.2, 0) is 11.0 Å². The number of rotatable bonds is 3. The summed E-state index contributed by atoms with van der Waals surface area (Å²) in [7, 11) is 1.80. The topological polar surface area (TPSA) is 61.4 Å². The molecule has 0 bridgehead atoms. The lowest BCUT2D eigenvalue weighted by molar-refractivity contribution is -0.136. The first-order valence-electron chi connectivity index (χ1n) is 9.81. The van der Waals surface area contributed by atoms with Crippen molar-refractivity contribution in [2.75, 3.05) is 31.6 Å². The van der Waals surface area contributed by atoms with Gasteiger partial charge in [0, 0.05) is 45.1 Å². The van der Waals surface area contributed by atoms with Crippen LogP contribution in [0.2, 0.25) is 0 Å². The first-order valence-corrected chi connectivity index (χ1v) is 9.81. The molecular weight excluding hydrogens is 383 g/mol. The van der Waals surface area contributed by atoms with E-state index in [4.69, 9.17) is 0 Å². The highest BCUT2D eigenvalue weighted by atomic mass is 19.4. The second-order valence-corrected chi connectivity index (χ2v) is 8.09. The molecule has 2 aliphatic heterocycles. The highest BCUT2D eigenvalue weighted by molar-refractivity contribution is 5.91. The van der Waals surface area contributed by atoms with Gasteiger partial charge in [0.2, 0.25) is 5.91 Å². The lowest BCUT2D eigenvalue weighted by atomic mass is 9.94. The third kappa shape index (κ3) is 3.88. The van der Waals surface area contributed by atoms with Crippen molar-refractivity contribution in [3.05, 3.63) is 30.1 Å². The number of likely N-dealkylation sites (tertiary alicyclic amines) is 1. The van der Waals surface area contributed by atoms with Gasteiger partial charge in [-0.15, -0.1) is 0 Å². The van der Waals surface area contributed by atoms with Crippen molar-refractivity contribution in [3.63, 3.8) is 0 Å². The maximum absolute atomic E-state index is 13.4. The summed E-state index contributed by atoms with van der Waals surface area (Å²) in [6, 6.07) is 2.46. The Morgan fingerprint density at radius 2 is 1.86 bits per heavy atom. The fourth-order valence-electron chi connectivity index (χ4n) is 4.46. The number of fused-ring (bicyclic) bond motifs is 1. The monoisotopic (exact) mass is 407 g/mol. The highest BCUT2D eigenvalue weighted by Crippen LogP contribution is 2.37. The number of benzene rings is 1. The zero-order valence-electron chi connectivity index (χ0n) is 16.4. The molecule has 1 aromatic carbocycles. The van der Waals surface area contributed by atoms with Gasteiger partial charge in [0.05, 0.1) is 17.3 Å². The van der Waals surface area contributed by atoms with Gasteiger partial charge in [0.25, 0.3) is 0 Å². The molecule has 29 heavy (non-hydrogen) atoms. The summed E-state index contributed by atoms with van der Waals surface area (Å²) >= 11 is 0. The van der Waals surface area contributed by atoms with Crippen molar-refractivity contribution in [3.8, 4) is 0 Å². The lowest BCUT2D eigenvalue weighted by Crippen LogP contribution is -2.53. The molecule has 3 heterocycles. The molecule has 2 fully saturated rings. The van der Waals surface area contributed by atoms with Crippen molar-refractivity contribution in [2.45, 2.75) is 38.0 Å². The van der Waals surface area contributed by atoms with E-state index in [-0.39, 0.29) is 29.0 Å². The minimum Gasteiger partial charge on any atom is -0.368 e. The SMILES string of the molecule is CC1CC(NC2CCN(C)C2=O)CN(c2ccc(C(F)(F)F)c3nccnc23)C1. The smallest absolute Gasteiger partial charge is 0.368 e. The van der Waals surface area contributed by atoms with Crippen LogP contribution in [0.4, 0.5) is 18.9 Å². The van der Waals surface area contributed by atoms with E-state index in [1.165, 1.54) is 18.5 Å². The number of aromatic nitrogens is 2. The van der Waals surface area contributed by atoms with Gasteiger partial charge in [0.1, 0.15) is 11.0 Å². The van der Waals surface area contributed by atoms with E-state index in [0.717, 1.165) is 25.5 Å². The van der Waals surface area contributed by atoms with Gasteiger partial charge in [0.15, 0.2) is 0 Å². The molecule has 0 radical (unpaired) electrons. The predicted octanol–water partition coefficient (Wildman–Crippen LogP) is 2.68. The maximum atomic E-state index is 13.4. The molecule has 2 aliphatic rings. The van der Waals surface area contributed by atoms with Gasteiger partial charge in [-0.1, -0.05) is 6.92 Å². The van der Waals surface area contributed by atoms with Crippen molar-refractivity contribution in [1.29, 1.82) is 0 Å². The fourth-order valence-corrected chi connectivity index (χ4v) is 4.46. The van der Waals surface area contributed by atoms with Crippen LogP contribution in [0.1, 0.15) is 25.3 Å². The Bertz CT molecular complexity index is 919. The number of hydrogen-bond acceptors (Lipinski definition) is 5. The van der Waals surface area contributed by atoms with Crippen LogP contribution in [0.5, 0.6) is 0 Å². The molecule has 0 aliphatic carbocycles. The second-order valence-electron chi connectivity index (χ2n) is 8.09. The normalized spacial score (nSPS) is 25.8. The average molecular weight is 407 g/mol. The molecule has 9 heteroatoms. The Hall–Kier alpha value is -2.42. The number of carbonyl (C=O) groups excluding carboxylic acids is 1. The number of piperidine rings is 1. The summed E-state index contributed by atoms with van der Waals surface area (Å²) in [5.41, 5.74) is -0.00216. The van der Waals surface area contributed by atoms with Gasteiger partial charge >= 0.3 is 6.18 Å². The van der Waals surface area contributed by atoms with Crippen LogP contribution in [0.3, 0.4) is 0 Å². The number of likely N-dealkylation sites (N-methyl/N-ethyl adjacent to an activating group) is 1. The summed E-state index contributed by atoms with van der Waals surface area (Å²) in [4.78, 5) is 24.2. The quantitative estimate of drug-likeness (QED) is 0.848. The Kier molecular flexibility index (Phi) is 5.10. The lowest BCUT2D eigenvalue weighted by Gasteiger charge is -2.39. The van der Waals surface area contributed by atoms with Gasteiger partial charge < -0.3 is 15.1 Å². The number of alkyl halides is 3. The predicted molar refractivity (Wildman–Crippen MR) is 103 cm³/mol. The molecule has 4 rings (SSSR count). The van der Waals surface area contributed by atoms with E-state index >= 15 is 0 Å². The molecule has 1 amide bonds. The fraction of sp³-hybridized carbons (Fsp3) is 0.550. The van der Waals surface area contributed by atoms with E-state index in [1.807, 2.05) is 0 Å². The summed E-state index contributed by atoms with van der Waals surface area (Å²) in [5, 5.41) is 3.46. The molecular formula is C20H24F3N5O. The molecule has 156 valence electrons. The third-order valence-electron chi connectivity index (χ3n) is 5.77. The Morgan fingerprint density at radius 3 is 2.52 bits per heavy atom. The second kappa shape index (κ2) is 7.44. The summed E-state index contributed by atoms with van der Waals surface area (Å²) in [5.74, 6) is 0.421. The zero-order valence-corrected chi connectivity index (χ0v) is 16.4. The number of carbonyl (C=O) groups is 1. The first kappa shape index (κ1) is 19.9. The van der Waals surface area contributed by atoms with E-state index in [0.29, 0.717) is 24.7 Å². The summed E-state index contributed by atoms with van der Waals surface area (Å²) in [6.07, 6.45) is -0.0982. The molecule has 0 spiro atoms. The highest BCUT2D eigenvalue weighted by Gasteiger charge is 2.36. The summed E-state index contributed by atoms with van der Waals surface area (Å²) < 4.78 is 40.2. The van der Waals surface area contributed by atoms with E-state index in [2.05, 4.69) is 27.1 Å². The number of amides is 1. The molecule has 3 atom stereocenters. The molecule has 3 unspecified atom stereocenters. The molecule has 2 saturated heterocycles. The van der Waals surface area contributed by atoms with Crippen molar-refractivity contribution in [1.82, 2.24) is 20.2 Å². The Balaban J connectivity index is 1.62. The number of anilines is 1. The van der Waals surface area contributed by atoms with Crippen LogP contribution in [-0.4, -0.2) is 59.5 Å². The van der Waals surface area contributed by atoms with Crippen LogP contribution in [0.25, 0.3) is 11.0 Å². The van der Waals surface area contributed by atoms with Crippen molar-refractivity contribution < 1.29 is 18.0 Å². The van der Waals surface area contributed by atoms with Gasteiger partial charge in [-0.05, 0) is 30.9 Å². The number of nitrogens with one attached hydrogen (secondary N) is 1. The Morgan fingerprint density at radius 1 is 1.14 bits per heavy atom. The van der Waals surface area contributed by atoms with Gasteiger partial charge in [-0.2, -0.15) is 13.2 Å². The molecule has 1 aromatic heterocycles. The third-order valence-corrected chi connectivity index (χ3v) is 5.77. The van der Waals surface area contributed by atoms with Crippen LogP contribution in [0, 0.1) is 5.92 Å². The molecule has 6 nitrogen and oxygen atoms in total. The van der Waals surface area contributed by atoms with Gasteiger partial charge in [-0.25, -0.2) is 0 Å². The van der Waals surface area contributed by atoms with Crippen molar-refractivity contribution >= 4 is 22.6 Å². The number of nitrogens with zero attached hydrogens (tertiary/aromatic N) is 4. The van der Waals surface area contributed by atoms with Crippen LogP contribution < -0.4 is 10.2 Å².